The highest BCUT2D eigenvalue weighted by atomic mass is 35.5. The summed E-state index contributed by atoms with van der Waals surface area (Å²) in [6, 6.07) is 5.96. The molecule has 10 heteroatoms. The lowest BCUT2D eigenvalue weighted by atomic mass is 9.63. The normalized spacial score (nSPS) is 31.6. The number of benzene rings is 1. The van der Waals surface area contributed by atoms with Gasteiger partial charge in [0.1, 0.15) is 23.2 Å². The van der Waals surface area contributed by atoms with Crippen LogP contribution in [0.1, 0.15) is 59.8 Å². The molecule has 2 saturated carbocycles. The van der Waals surface area contributed by atoms with Gasteiger partial charge in [-0.1, -0.05) is 11.6 Å². The number of ether oxygens (including phenoxy) is 1. The summed E-state index contributed by atoms with van der Waals surface area (Å²) in [5.41, 5.74) is 0.591. The number of likely N-dealkylation sites (tertiary alicyclic amines) is 1. The zero-order chi connectivity index (χ0) is 24.6. The third-order valence-corrected chi connectivity index (χ3v) is 8.88. The van der Waals surface area contributed by atoms with Gasteiger partial charge in [0.25, 0.3) is 11.8 Å². The van der Waals surface area contributed by atoms with Crippen LogP contribution in [-0.2, 0) is 16.1 Å². The first kappa shape index (κ1) is 22.2. The first-order chi connectivity index (χ1) is 17.4. The Morgan fingerprint density at radius 1 is 1.06 bits per heavy atom. The van der Waals surface area contributed by atoms with Crippen LogP contribution in [-0.4, -0.2) is 68.3 Å². The van der Waals surface area contributed by atoms with E-state index < -0.39 is 5.54 Å². The maximum absolute atomic E-state index is 13.2. The predicted octanol–water partition coefficient (Wildman–Crippen LogP) is 2.29. The van der Waals surface area contributed by atoms with Crippen molar-refractivity contribution < 1.29 is 19.1 Å². The molecule has 5 fully saturated rings. The van der Waals surface area contributed by atoms with Crippen LogP contribution in [0.3, 0.4) is 0 Å². The van der Waals surface area contributed by atoms with Gasteiger partial charge in [0.05, 0.1) is 5.02 Å². The molecule has 0 spiro atoms. The topological polar surface area (TPSA) is 105 Å². The molecule has 3 saturated heterocycles. The second kappa shape index (κ2) is 7.98. The highest BCUT2D eigenvalue weighted by Gasteiger charge is 2.63. The Kier molecular flexibility index (Phi) is 4.92. The van der Waals surface area contributed by atoms with E-state index in [9.17, 15) is 14.4 Å². The minimum absolute atomic E-state index is 0.0875. The summed E-state index contributed by atoms with van der Waals surface area (Å²) in [7, 11) is 0. The standard InChI is InChI=1S/C26H26ClN5O4/c27-17-9-28-22(29-10-17)16-11-31(12-16)20-2-1-3-21(20)36-18-4-5-19-14(6-18)13-32(24(19)34)26-7-15(8-26)23(33)30-25(26)35/h4-6,9-10,15-16,20-21H,1-3,7-8,11-13H2,(H,30,33,35)/t15?,20-,21+,26?/m1/s1. The van der Waals surface area contributed by atoms with E-state index in [2.05, 4.69) is 20.2 Å². The number of rotatable bonds is 5. The van der Waals surface area contributed by atoms with Crippen molar-refractivity contribution >= 4 is 29.3 Å². The monoisotopic (exact) mass is 507 g/mol. The number of carbonyl (C=O) groups is 3. The van der Waals surface area contributed by atoms with Gasteiger partial charge in [0, 0.05) is 55.5 Å². The van der Waals surface area contributed by atoms with Crippen molar-refractivity contribution in [3.05, 3.63) is 52.6 Å². The number of amides is 3. The Labute approximate surface area is 213 Å². The molecular weight excluding hydrogens is 482 g/mol. The molecule has 0 radical (unpaired) electrons. The average molecular weight is 508 g/mol. The largest absolute Gasteiger partial charge is 0.489 e. The summed E-state index contributed by atoms with van der Waals surface area (Å²) < 4.78 is 6.47. The molecule has 0 unspecified atom stereocenters. The maximum atomic E-state index is 13.2. The lowest BCUT2D eigenvalue weighted by Gasteiger charge is -2.53. The van der Waals surface area contributed by atoms with Crippen LogP contribution in [0.4, 0.5) is 0 Å². The van der Waals surface area contributed by atoms with E-state index >= 15 is 0 Å². The number of imide groups is 1. The molecule has 2 aromatic rings. The van der Waals surface area contributed by atoms with Crippen LogP contribution in [0, 0.1) is 5.92 Å². The summed E-state index contributed by atoms with van der Waals surface area (Å²) in [6.45, 7) is 2.18. The van der Waals surface area contributed by atoms with Crippen molar-refractivity contribution in [2.75, 3.05) is 13.1 Å². The minimum atomic E-state index is -0.895. The lowest BCUT2D eigenvalue weighted by molar-refractivity contribution is -0.160. The fraction of sp³-hybridized carbons (Fsp3) is 0.500. The number of carbonyl (C=O) groups excluding carboxylic acids is 3. The first-order valence-electron chi connectivity index (χ1n) is 12.6. The van der Waals surface area contributed by atoms with Crippen molar-refractivity contribution in [3.8, 4) is 5.75 Å². The summed E-state index contributed by atoms with van der Waals surface area (Å²) in [6.07, 6.45) is 7.42. The van der Waals surface area contributed by atoms with E-state index in [1.165, 1.54) is 0 Å². The number of halogens is 1. The molecule has 3 amide bonds. The molecule has 4 aliphatic heterocycles. The molecule has 6 aliphatic rings. The number of hydrogen-bond acceptors (Lipinski definition) is 7. The van der Waals surface area contributed by atoms with Gasteiger partial charge in [-0.2, -0.15) is 0 Å². The second-order valence-electron chi connectivity index (χ2n) is 10.7. The Bertz CT molecular complexity index is 1270. The Hall–Kier alpha value is -3.04. The smallest absolute Gasteiger partial charge is 0.255 e. The molecule has 36 heavy (non-hydrogen) atoms. The van der Waals surface area contributed by atoms with Gasteiger partial charge in [0.15, 0.2) is 0 Å². The Balaban J connectivity index is 1.02. The average Bonchev–Trinajstić information content (AvgIpc) is 3.37. The van der Waals surface area contributed by atoms with Crippen molar-refractivity contribution in [2.24, 2.45) is 5.92 Å². The highest BCUT2D eigenvalue weighted by molar-refractivity contribution is 6.30. The van der Waals surface area contributed by atoms with Gasteiger partial charge in [-0.3, -0.25) is 24.6 Å². The lowest BCUT2D eigenvalue weighted by Crippen LogP contribution is -2.73. The van der Waals surface area contributed by atoms with Crippen LogP contribution in [0.15, 0.2) is 30.6 Å². The molecule has 8 rings (SSSR count). The predicted molar refractivity (Wildman–Crippen MR) is 128 cm³/mol. The second-order valence-corrected chi connectivity index (χ2v) is 11.2. The van der Waals surface area contributed by atoms with E-state index in [0.717, 1.165) is 49.5 Å². The molecular formula is C26H26ClN5O4. The van der Waals surface area contributed by atoms with Crippen LogP contribution < -0.4 is 10.1 Å². The number of nitrogens with zero attached hydrogens (tertiary/aromatic N) is 4. The van der Waals surface area contributed by atoms with E-state index in [1.807, 2.05) is 18.2 Å². The minimum Gasteiger partial charge on any atom is -0.489 e. The Morgan fingerprint density at radius 3 is 2.58 bits per heavy atom. The molecule has 1 aromatic carbocycles. The maximum Gasteiger partial charge on any atom is 0.255 e. The number of aromatic nitrogens is 2. The fourth-order valence-corrected chi connectivity index (χ4v) is 6.73. The van der Waals surface area contributed by atoms with E-state index in [0.29, 0.717) is 41.9 Å². The Morgan fingerprint density at radius 2 is 1.83 bits per heavy atom. The number of fused-ring (bicyclic) bond motifs is 3. The highest BCUT2D eigenvalue weighted by Crippen LogP contribution is 2.49. The van der Waals surface area contributed by atoms with E-state index in [1.54, 1.807) is 17.3 Å². The molecule has 186 valence electrons. The van der Waals surface area contributed by atoms with Crippen molar-refractivity contribution in [1.82, 2.24) is 25.1 Å². The van der Waals surface area contributed by atoms with Crippen LogP contribution in [0.25, 0.3) is 0 Å². The summed E-state index contributed by atoms with van der Waals surface area (Å²) in [5.74, 6) is 1.02. The van der Waals surface area contributed by atoms with Gasteiger partial charge in [-0.05, 0) is 55.9 Å². The number of hydrogen-bond donors (Lipinski definition) is 1. The van der Waals surface area contributed by atoms with Gasteiger partial charge >= 0.3 is 0 Å². The van der Waals surface area contributed by atoms with Crippen LogP contribution in [0.2, 0.25) is 5.02 Å². The molecule has 9 nitrogen and oxygen atoms in total. The summed E-state index contributed by atoms with van der Waals surface area (Å²) in [5, 5.41) is 2.98. The van der Waals surface area contributed by atoms with Crippen molar-refractivity contribution in [3.63, 3.8) is 0 Å². The summed E-state index contributed by atoms with van der Waals surface area (Å²) >= 11 is 5.91. The molecule has 2 aliphatic carbocycles. The summed E-state index contributed by atoms with van der Waals surface area (Å²) in [4.78, 5) is 50.5. The van der Waals surface area contributed by atoms with Gasteiger partial charge < -0.3 is 9.64 Å². The van der Waals surface area contributed by atoms with Gasteiger partial charge in [-0.25, -0.2) is 9.97 Å². The molecule has 2 atom stereocenters. The zero-order valence-electron chi connectivity index (χ0n) is 19.7. The molecule has 1 N–H and O–H groups in total. The number of piperidine rings is 2. The quantitative estimate of drug-likeness (QED) is 0.619. The third-order valence-electron chi connectivity index (χ3n) is 8.69. The number of nitrogens with one attached hydrogen (secondary N) is 1. The van der Waals surface area contributed by atoms with Gasteiger partial charge in [-0.15, -0.1) is 0 Å². The van der Waals surface area contributed by atoms with Crippen molar-refractivity contribution in [2.45, 2.75) is 62.3 Å². The van der Waals surface area contributed by atoms with Crippen molar-refractivity contribution in [1.29, 1.82) is 0 Å². The molecule has 2 bridgehead atoms. The van der Waals surface area contributed by atoms with Gasteiger partial charge in [0.2, 0.25) is 5.91 Å². The van der Waals surface area contributed by atoms with Crippen LogP contribution >= 0.6 is 11.6 Å². The first-order valence-corrected chi connectivity index (χ1v) is 13.0. The molecule has 1 aromatic heterocycles. The van der Waals surface area contributed by atoms with E-state index in [-0.39, 0.29) is 29.7 Å². The fourth-order valence-electron chi connectivity index (χ4n) is 6.63. The third kappa shape index (κ3) is 3.29. The SMILES string of the molecule is O=C1NC(=O)C2(N3Cc4cc(O[C@H]5CCC[C@H]5N5CC(c6ncc(Cl)cn6)C5)ccc4C3=O)CC1C2. The van der Waals surface area contributed by atoms with Crippen LogP contribution in [0.5, 0.6) is 5.75 Å². The van der Waals surface area contributed by atoms with E-state index in [4.69, 9.17) is 16.3 Å². The zero-order valence-corrected chi connectivity index (χ0v) is 20.4. The molecule has 5 heterocycles.